The van der Waals surface area contributed by atoms with Gasteiger partial charge >= 0.3 is 12.0 Å². The van der Waals surface area contributed by atoms with Crippen LogP contribution in [0.4, 0.5) is 4.79 Å². The van der Waals surface area contributed by atoms with E-state index in [0.717, 1.165) is 5.76 Å². The zero-order valence-electron chi connectivity index (χ0n) is 13.6. The molecule has 2 amide bonds. The van der Waals surface area contributed by atoms with Crippen molar-refractivity contribution in [2.45, 2.75) is 33.4 Å². The van der Waals surface area contributed by atoms with Gasteiger partial charge < -0.3 is 24.2 Å². The van der Waals surface area contributed by atoms with Crippen LogP contribution in [-0.4, -0.2) is 19.1 Å². The van der Waals surface area contributed by atoms with Crippen LogP contribution in [-0.2, 0) is 11.3 Å². The summed E-state index contributed by atoms with van der Waals surface area (Å²) in [5.41, 5.74) is 0.351. The first-order chi connectivity index (χ1) is 10.9. The smallest absolute Gasteiger partial charge is 0.341 e. The fraction of sp³-hybridized carbons (Fsp3) is 0.375. The van der Waals surface area contributed by atoms with Crippen molar-refractivity contribution in [2.24, 2.45) is 0 Å². The minimum Gasteiger partial charge on any atom is -0.465 e. The number of hydrogen-bond acceptors (Lipinski definition) is 5. The first-order valence-corrected chi connectivity index (χ1v) is 7.19. The van der Waals surface area contributed by atoms with Gasteiger partial charge in [0, 0.05) is 0 Å². The van der Waals surface area contributed by atoms with E-state index in [1.165, 1.54) is 7.11 Å². The molecule has 23 heavy (non-hydrogen) atoms. The zero-order chi connectivity index (χ0) is 17.0. The van der Waals surface area contributed by atoms with Gasteiger partial charge in [-0.1, -0.05) is 0 Å². The lowest BCUT2D eigenvalue weighted by Crippen LogP contribution is -2.36. The van der Waals surface area contributed by atoms with Crippen LogP contribution in [0, 0.1) is 13.8 Å². The highest BCUT2D eigenvalue weighted by Crippen LogP contribution is 2.16. The number of esters is 1. The van der Waals surface area contributed by atoms with Crippen molar-refractivity contribution >= 4 is 12.0 Å². The molecule has 1 unspecified atom stereocenters. The molecule has 2 aromatic heterocycles. The molecular formula is C16H20N2O5. The van der Waals surface area contributed by atoms with Crippen molar-refractivity contribution in [2.75, 3.05) is 7.11 Å². The number of aryl methyl sites for hydroxylation is 2. The highest BCUT2D eigenvalue weighted by Gasteiger charge is 2.16. The summed E-state index contributed by atoms with van der Waals surface area (Å²) in [6, 6.07) is 4.60. The molecule has 0 aromatic carbocycles. The Hall–Kier alpha value is -2.70. The lowest BCUT2D eigenvalue weighted by atomic mass is 10.2. The Labute approximate surface area is 134 Å². The van der Waals surface area contributed by atoms with Gasteiger partial charge in [0.25, 0.3) is 0 Å². The largest absolute Gasteiger partial charge is 0.465 e. The number of ether oxygens (including phenoxy) is 1. The molecule has 7 nitrogen and oxygen atoms in total. The lowest BCUT2D eigenvalue weighted by molar-refractivity contribution is 0.0598. The van der Waals surface area contributed by atoms with Crippen molar-refractivity contribution in [3.63, 3.8) is 0 Å². The van der Waals surface area contributed by atoms with E-state index in [9.17, 15) is 9.59 Å². The molecule has 0 saturated heterocycles. The number of hydrogen-bond donors (Lipinski definition) is 2. The molecule has 0 aliphatic rings. The molecule has 0 radical (unpaired) electrons. The summed E-state index contributed by atoms with van der Waals surface area (Å²) < 4.78 is 15.5. The molecule has 7 heteroatoms. The first-order valence-electron chi connectivity index (χ1n) is 7.19. The van der Waals surface area contributed by atoms with E-state index in [1.807, 2.05) is 26.0 Å². The average molecular weight is 320 g/mol. The summed E-state index contributed by atoms with van der Waals surface area (Å²) in [5, 5.41) is 5.42. The van der Waals surface area contributed by atoms with Gasteiger partial charge in [-0.2, -0.15) is 0 Å². The third-order valence-corrected chi connectivity index (χ3v) is 3.33. The van der Waals surface area contributed by atoms with Gasteiger partial charge in [0.05, 0.1) is 19.7 Å². The average Bonchev–Trinajstić information content (AvgIpc) is 3.10. The van der Waals surface area contributed by atoms with E-state index in [-0.39, 0.29) is 18.6 Å². The monoisotopic (exact) mass is 320 g/mol. The molecular weight excluding hydrogens is 300 g/mol. The maximum Gasteiger partial charge on any atom is 0.341 e. The Kier molecular flexibility index (Phi) is 5.10. The van der Waals surface area contributed by atoms with Crippen LogP contribution in [0.1, 0.15) is 46.4 Å². The van der Waals surface area contributed by atoms with Gasteiger partial charge in [-0.25, -0.2) is 9.59 Å². The Morgan fingerprint density at radius 2 is 2.00 bits per heavy atom. The topological polar surface area (TPSA) is 93.7 Å². The third-order valence-electron chi connectivity index (χ3n) is 3.33. The van der Waals surface area contributed by atoms with E-state index in [4.69, 9.17) is 8.83 Å². The minimum atomic E-state index is -0.469. The molecule has 2 rings (SSSR count). The van der Waals surface area contributed by atoms with Crippen LogP contribution in [0.3, 0.4) is 0 Å². The number of amides is 2. The zero-order valence-corrected chi connectivity index (χ0v) is 13.6. The van der Waals surface area contributed by atoms with Crippen LogP contribution in [0.15, 0.2) is 27.0 Å². The number of urea groups is 1. The Balaban J connectivity index is 1.88. The second kappa shape index (κ2) is 7.04. The normalized spacial score (nSPS) is 11.8. The minimum absolute atomic E-state index is 0.160. The number of methoxy groups -OCH3 is 1. The maximum atomic E-state index is 11.9. The lowest BCUT2D eigenvalue weighted by Gasteiger charge is -2.12. The number of furan rings is 2. The quantitative estimate of drug-likeness (QED) is 0.826. The fourth-order valence-electron chi connectivity index (χ4n) is 2.12. The van der Waals surface area contributed by atoms with E-state index in [2.05, 4.69) is 15.4 Å². The molecule has 2 heterocycles. The molecule has 0 spiro atoms. The number of carbonyl (C=O) groups excluding carboxylic acids is 2. The molecule has 0 aliphatic carbocycles. The van der Waals surface area contributed by atoms with E-state index < -0.39 is 5.97 Å². The van der Waals surface area contributed by atoms with E-state index in [0.29, 0.717) is 22.8 Å². The molecule has 0 aliphatic heterocycles. The van der Waals surface area contributed by atoms with E-state index in [1.54, 1.807) is 13.0 Å². The van der Waals surface area contributed by atoms with E-state index >= 15 is 0 Å². The Bertz CT molecular complexity index is 701. The van der Waals surface area contributed by atoms with Gasteiger partial charge in [-0.05, 0) is 39.0 Å². The predicted octanol–water partition coefficient (Wildman–Crippen LogP) is 2.84. The molecule has 1 atom stereocenters. The highest BCUT2D eigenvalue weighted by molar-refractivity contribution is 5.90. The molecule has 124 valence electrons. The van der Waals surface area contributed by atoms with Crippen molar-refractivity contribution < 1.29 is 23.2 Å². The maximum absolute atomic E-state index is 11.9. The van der Waals surface area contributed by atoms with Gasteiger partial charge in [-0.3, -0.25) is 0 Å². The van der Waals surface area contributed by atoms with Crippen LogP contribution < -0.4 is 10.6 Å². The summed E-state index contributed by atoms with van der Waals surface area (Å²) in [4.78, 5) is 23.4. The molecule has 0 saturated carbocycles. The summed E-state index contributed by atoms with van der Waals surface area (Å²) in [6.07, 6.45) is 0. The van der Waals surface area contributed by atoms with Crippen LogP contribution in [0.25, 0.3) is 0 Å². The predicted molar refractivity (Wildman–Crippen MR) is 82.0 cm³/mol. The molecule has 0 fully saturated rings. The highest BCUT2D eigenvalue weighted by atomic mass is 16.5. The van der Waals surface area contributed by atoms with Gasteiger partial charge in [0.1, 0.15) is 28.6 Å². The SMILES string of the molecule is COC(=O)c1cc(CNC(=O)NC(C)c2ccc(C)o2)oc1C. The molecule has 0 bridgehead atoms. The first kappa shape index (κ1) is 16.7. The van der Waals surface area contributed by atoms with Crippen molar-refractivity contribution in [3.8, 4) is 0 Å². The summed E-state index contributed by atoms with van der Waals surface area (Å²) in [6.45, 7) is 5.49. The fourth-order valence-corrected chi connectivity index (χ4v) is 2.12. The summed E-state index contributed by atoms with van der Waals surface area (Å²) in [7, 11) is 1.30. The van der Waals surface area contributed by atoms with Crippen LogP contribution >= 0.6 is 0 Å². The number of carbonyl (C=O) groups is 2. The number of nitrogens with one attached hydrogen (secondary N) is 2. The van der Waals surface area contributed by atoms with Crippen molar-refractivity contribution in [1.82, 2.24) is 10.6 Å². The standard InChI is InChI=1S/C16H20N2O5/c1-9-5-6-14(22-9)10(2)18-16(20)17-8-12-7-13(11(3)23-12)15(19)21-4/h5-7,10H,8H2,1-4H3,(H2,17,18,20). The third kappa shape index (κ3) is 4.15. The summed E-state index contributed by atoms with van der Waals surface area (Å²) >= 11 is 0. The second-order valence-electron chi connectivity index (χ2n) is 5.17. The number of rotatable bonds is 5. The molecule has 2 N–H and O–H groups in total. The Morgan fingerprint density at radius 3 is 2.61 bits per heavy atom. The van der Waals surface area contributed by atoms with Gasteiger partial charge in [0.2, 0.25) is 0 Å². The second-order valence-corrected chi connectivity index (χ2v) is 5.17. The van der Waals surface area contributed by atoms with Crippen molar-refractivity contribution in [3.05, 3.63) is 46.8 Å². The Morgan fingerprint density at radius 1 is 1.26 bits per heavy atom. The van der Waals surface area contributed by atoms with Crippen LogP contribution in [0.2, 0.25) is 0 Å². The summed E-state index contributed by atoms with van der Waals surface area (Å²) in [5.74, 6) is 1.92. The van der Waals surface area contributed by atoms with Crippen LogP contribution in [0.5, 0.6) is 0 Å². The molecule has 2 aromatic rings. The van der Waals surface area contributed by atoms with Gasteiger partial charge in [-0.15, -0.1) is 0 Å². The van der Waals surface area contributed by atoms with Gasteiger partial charge in [0.15, 0.2) is 0 Å². The van der Waals surface area contributed by atoms with Crippen molar-refractivity contribution in [1.29, 1.82) is 0 Å².